The molecule has 0 N–H and O–H groups in total. The third kappa shape index (κ3) is 1.37. The fourth-order valence-corrected chi connectivity index (χ4v) is 2.61. The average molecular weight is 208 g/mol. The Kier molecular flexibility index (Phi) is 2.03. The van der Waals surface area contributed by atoms with Crippen molar-refractivity contribution in [2.45, 2.75) is 19.8 Å². The minimum Gasteiger partial charge on any atom is -0.0946 e. The largest absolute Gasteiger partial charge is 0.0946 e. The van der Waals surface area contributed by atoms with Crippen molar-refractivity contribution in [3.05, 3.63) is 9.66 Å². The van der Waals surface area contributed by atoms with E-state index in [0.29, 0.717) is 20.7 Å². The molecule has 0 aromatic carbocycles. The molecule has 0 fully saturated rings. The zero-order valence-corrected chi connectivity index (χ0v) is 6.60. The van der Waals surface area contributed by atoms with Gasteiger partial charge in [-0.15, -0.1) is 0 Å². The van der Waals surface area contributed by atoms with Crippen molar-refractivity contribution in [2.75, 3.05) is 0 Å². The Hall–Kier alpha value is 0.340. The Morgan fingerprint density at radius 1 is 1.86 bits per heavy atom. The molecule has 0 spiro atoms. The lowest BCUT2D eigenvalue weighted by atomic mass is 10.4. The maximum atomic E-state index is 2.43. The van der Waals surface area contributed by atoms with E-state index in [1.807, 2.05) is 0 Å². The Morgan fingerprint density at radius 3 is 3.00 bits per heavy atom. The van der Waals surface area contributed by atoms with Crippen LogP contribution in [0.1, 0.15) is 19.8 Å². The summed E-state index contributed by atoms with van der Waals surface area (Å²) in [5, 5.41) is 0. The molecule has 0 amide bonds. The second kappa shape index (κ2) is 2.60. The fourth-order valence-electron chi connectivity index (χ4n) is 0.582. The first kappa shape index (κ1) is 5.48. The highest BCUT2D eigenvalue weighted by Crippen LogP contribution is 2.22. The molecule has 0 radical (unpaired) electrons. The summed E-state index contributed by atoms with van der Waals surface area (Å²) in [4.78, 5) is 0. The van der Waals surface area contributed by atoms with E-state index in [2.05, 4.69) is 17.0 Å². The number of halogens is 1. The molecule has 7 heavy (non-hydrogen) atoms. The van der Waals surface area contributed by atoms with Crippen molar-refractivity contribution in [2.24, 2.45) is 0 Å². The van der Waals surface area contributed by atoms with E-state index in [4.69, 9.17) is 0 Å². The van der Waals surface area contributed by atoms with Crippen LogP contribution in [0.4, 0.5) is 0 Å². The summed E-state index contributed by atoms with van der Waals surface area (Å²) in [5.41, 5.74) is 0. The van der Waals surface area contributed by atoms with Gasteiger partial charge in [0.25, 0.3) is 0 Å². The van der Waals surface area contributed by atoms with Crippen LogP contribution in [-0.4, -0.2) is 4.01 Å². The molecule has 0 saturated carbocycles. The first-order chi connectivity index (χ1) is 3.43. The molecule has 0 nitrogen and oxygen atoms in total. The summed E-state index contributed by atoms with van der Waals surface area (Å²) >= 11 is 0.412. The summed E-state index contributed by atoms with van der Waals surface area (Å²) in [5.74, 6) is 0. The summed E-state index contributed by atoms with van der Waals surface area (Å²) in [7, 11) is 0. The van der Waals surface area contributed by atoms with Gasteiger partial charge in [0.2, 0.25) is 0 Å². The Labute approximate surface area is 54.4 Å². The molecule has 0 aliphatic carbocycles. The van der Waals surface area contributed by atoms with Crippen LogP contribution in [0, 0.1) is 0 Å². The highest BCUT2D eigenvalue weighted by atomic mass is 127. The number of hydrogen-bond donors (Lipinski definition) is 0. The molecule has 1 aliphatic rings. The van der Waals surface area contributed by atoms with Gasteiger partial charge in [-0.1, -0.05) is 33.7 Å². The van der Waals surface area contributed by atoms with Crippen molar-refractivity contribution < 1.29 is 0 Å². The van der Waals surface area contributed by atoms with Gasteiger partial charge in [-0.25, -0.2) is 0 Å². The molecule has 0 unspecified atom stereocenters. The maximum absolute atomic E-state index is 2.43. The Morgan fingerprint density at radius 2 is 2.71 bits per heavy atom. The van der Waals surface area contributed by atoms with Gasteiger partial charge in [-0.3, -0.25) is 0 Å². The minimum absolute atomic E-state index is 0.412. The molecule has 0 atom stereocenters. The molecule has 40 valence electrons. The maximum Gasteiger partial charge on any atom is -0.0102 e. The highest BCUT2D eigenvalue weighted by Gasteiger charge is 1.91. The van der Waals surface area contributed by atoms with Crippen LogP contribution >= 0.6 is 20.7 Å². The molecule has 1 aliphatic heterocycles. The second-order valence-corrected chi connectivity index (χ2v) is 4.39. The van der Waals surface area contributed by atoms with Crippen LogP contribution in [0.15, 0.2) is 9.66 Å². The monoisotopic (exact) mass is 208 g/mol. The van der Waals surface area contributed by atoms with Gasteiger partial charge in [-0.05, 0) is 20.4 Å². The summed E-state index contributed by atoms with van der Waals surface area (Å²) in [6, 6.07) is 0. The normalized spacial score (nSPS) is 18.7. The molecule has 0 aromatic heterocycles. The average Bonchev–Trinajstić information content (AvgIpc) is 2.14. The zero-order valence-electron chi connectivity index (χ0n) is 4.45. The topological polar surface area (TPSA) is 0 Å². The smallest absolute Gasteiger partial charge is 0.0102 e. The molecule has 1 rings (SSSR count). The summed E-state index contributed by atoms with van der Waals surface area (Å²) < 4.78 is 4.15. The van der Waals surface area contributed by atoms with E-state index in [0.717, 1.165) is 0 Å². The number of hydrogen-bond acceptors (Lipinski definition) is 0. The Balaban J connectivity index is 2.52. The summed E-state index contributed by atoms with van der Waals surface area (Å²) in [6.45, 7) is 2.24. The van der Waals surface area contributed by atoms with Gasteiger partial charge < -0.3 is 0 Å². The molecular formula is C6H9I. The predicted octanol–water partition coefficient (Wildman–Crippen LogP) is 2.46. The van der Waals surface area contributed by atoms with E-state index < -0.39 is 0 Å². The lowest BCUT2D eigenvalue weighted by molar-refractivity contribution is 1.20. The lowest BCUT2D eigenvalue weighted by Crippen LogP contribution is -1.58. The second-order valence-electron chi connectivity index (χ2n) is 1.50. The van der Waals surface area contributed by atoms with Crippen LogP contribution in [0.25, 0.3) is 0 Å². The molecule has 1 heterocycles. The van der Waals surface area contributed by atoms with E-state index in [1.165, 1.54) is 12.8 Å². The first-order valence-electron chi connectivity index (χ1n) is 2.57. The third-order valence-corrected chi connectivity index (χ3v) is 3.94. The van der Waals surface area contributed by atoms with Crippen LogP contribution in [0.3, 0.4) is 0 Å². The molecule has 0 aromatic rings. The van der Waals surface area contributed by atoms with Crippen molar-refractivity contribution in [3.8, 4) is 0 Å². The van der Waals surface area contributed by atoms with Gasteiger partial charge in [0.1, 0.15) is 0 Å². The molecule has 1 heteroatoms. The van der Waals surface area contributed by atoms with Gasteiger partial charge in [0.15, 0.2) is 0 Å². The van der Waals surface area contributed by atoms with Crippen LogP contribution in [-0.2, 0) is 0 Å². The number of allylic oxidation sites excluding steroid dienone is 2. The fraction of sp³-hybridized carbons (Fsp3) is 0.500. The lowest BCUT2D eigenvalue weighted by Gasteiger charge is -1.83. The van der Waals surface area contributed by atoms with E-state index in [-0.39, 0.29) is 0 Å². The Bertz CT molecular complexity index is 111. The van der Waals surface area contributed by atoms with Crippen LogP contribution < -0.4 is 0 Å². The van der Waals surface area contributed by atoms with E-state index in [9.17, 15) is 0 Å². The predicted molar refractivity (Wildman–Crippen MR) is 43.1 cm³/mol. The van der Waals surface area contributed by atoms with Crippen molar-refractivity contribution in [1.82, 2.24) is 0 Å². The molecule has 0 bridgehead atoms. The third-order valence-electron chi connectivity index (χ3n) is 0.983. The molecular weight excluding hydrogens is 199 g/mol. The standard InChI is InChI=1S/C6H9I/c1-2-6-4-3-5-7-6/h4-5H,2-3H2,1H3. The van der Waals surface area contributed by atoms with E-state index in [1.54, 1.807) is 3.58 Å². The van der Waals surface area contributed by atoms with Gasteiger partial charge in [0, 0.05) is 0 Å². The highest BCUT2D eigenvalue weighted by molar-refractivity contribution is 14.2. The first-order valence-corrected chi connectivity index (χ1v) is 4.90. The van der Waals surface area contributed by atoms with Gasteiger partial charge in [0.05, 0.1) is 0 Å². The number of rotatable bonds is 1. The summed E-state index contributed by atoms with van der Waals surface area (Å²) in [6.07, 6.45) is 4.92. The quantitative estimate of drug-likeness (QED) is 0.580. The van der Waals surface area contributed by atoms with Crippen LogP contribution in [0.5, 0.6) is 0 Å². The molecule has 0 saturated heterocycles. The van der Waals surface area contributed by atoms with Crippen molar-refractivity contribution in [3.63, 3.8) is 0 Å². The van der Waals surface area contributed by atoms with Crippen LogP contribution in [0.2, 0.25) is 0 Å². The van der Waals surface area contributed by atoms with E-state index >= 15 is 0 Å². The van der Waals surface area contributed by atoms with Gasteiger partial charge >= 0.3 is 0 Å². The van der Waals surface area contributed by atoms with Crippen molar-refractivity contribution in [1.29, 1.82) is 0 Å². The minimum atomic E-state index is 0.412. The zero-order chi connectivity index (χ0) is 5.11. The van der Waals surface area contributed by atoms with Gasteiger partial charge in [-0.2, -0.15) is 0 Å². The van der Waals surface area contributed by atoms with Crippen molar-refractivity contribution >= 4 is 24.7 Å². The SMILES string of the molecule is CCC1=CCC=I1.